The van der Waals surface area contributed by atoms with Crippen LogP contribution >= 0.6 is 0 Å². The fourth-order valence-electron chi connectivity index (χ4n) is 5.66. The summed E-state index contributed by atoms with van der Waals surface area (Å²) in [6.07, 6.45) is 6.77. The molecule has 0 atom stereocenters. The molecule has 6 nitrogen and oxygen atoms in total. The van der Waals surface area contributed by atoms with Gasteiger partial charge in [0, 0.05) is 53.5 Å². The van der Waals surface area contributed by atoms with E-state index in [1.807, 2.05) is 36.7 Å². The number of nitrogens with zero attached hydrogens (tertiary/aromatic N) is 3. The third kappa shape index (κ3) is 3.81. The fourth-order valence-corrected chi connectivity index (χ4v) is 5.66. The lowest BCUT2D eigenvalue weighted by molar-refractivity contribution is -0.239. The van der Waals surface area contributed by atoms with Crippen molar-refractivity contribution in [1.82, 2.24) is 15.0 Å². The third-order valence-corrected chi connectivity index (χ3v) is 7.48. The van der Waals surface area contributed by atoms with Crippen molar-refractivity contribution >= 4 is 10.9 Å². The molecule has 2 aliphatic rings. The Morgan fingerprint density at radius 3 is 2.22 bits per heavy atom. The van der Waals surface area contributed by atoms with Crippen molar-refractivity contribution in [2.75, 3.05) is 13.2 Å². The summed E-state index contributed by atoms with van der Waals surface area (Å²) in [6.45, 7) is 1.28. The van der Waals surface area contributed by atoms with E-state index < -0.39 is 11.3 Å². The highest BCUT2D eigenvalue weighted by molar-refractivity contribution is 5.98. The average molecular weight is 487 g/mol. The first-order chi connectivity index (χ1) is 18.1. The minimum Gasteiger partial charge on any atom is -0.347 e. The van der Waals surface area contributed by atoms with Gasteiger partial charge in [-0.2, -0.15) is 0 Å². The quantitative estimate of drug-likeness (QED) is 0.350. The van der Waals surface area contributed by atoms with Crippen molar-refractivity contribution < 1.29 is 9.47 Å². The van der Waals surface area contributed by atoms with Crippen LogP contribution in [0.5, 0.6) is 0 Å². The minimum absolute atomic E-state index is 0.438. The van der Waals surface area contributed by atoms with E-state index >= 15 is 0 Å². The fraction of sp³-hybridized carbons (Fsp3) is 0.194. The summed E-state index contributed by atoms with van der Waals surface area (Å²) >= 11 is 0. The van der Waals surface area contributed by atoms with Gasteiger partial charge in [-0.1, -0.05) is 54.6 Å². The van der Waals surface area contributed by atoms with Crippen LogP contribution in [0.2, 0.25) is 0 Å². The van der Waals surface area contributed by atoms with Crippen molar-refractivity contribution in [2.24, 2.45) is 5.73 Å². The van der Waals surface area contributed by atoms with Crippen molar-refractivity contribution in [3.8, 4) is 33.6 Å². The number of aromatic nitrogens is 3. The van der Waals surface area contributed by atoms with E-state index in [4.69, 9.17) is 20.2 Å². The van der Waals surface area contributed by atoms with Gasteiger partial charge in [0.2, 0.25) is 0 Å². The molecule has 1 saturated heterocycles. The molecule has 6 heteroatoms. The molecule has 5 aromatic rings. The molecule has 1 aliphatic carbocycles. The topological polar surface area (TPSA) is 83.2 Å². The molecule has 1 spiro atoms. The summed E-state index contributed by atoms with van der Waals surface area (Å²) < 4.78 is 11.6. The molecular weight excluding hydrogens is 460 g/mol. The van der Waals surface area contributed by atoms with E-state index in [0.29, 0.717) is 26.1 Å². The molecule has 0 radical (unpaired) electrons. The summed E-state index contributed by atoms with van der Waals surface area (Å²) in [5.74, 6) is -0.492. The van der Waals surface area contributed by atoms with E-state index in [9.17, 15) is 0 Å². The van der Waals surface area contributed by atoms with Crippen LogP contribution in [0.1, 0.15) is 18.4 Å². The molecular formula is C31H26N4O2. The molecule has 7 rings (SSSR count). The number of benzene rings is 2. The van der Waals surface area contributed by atoms with Crippen molar-refractivity contribution in [2.45, 2.75) is 24.2 Å². The second kappa shape index (κ2) is 8.56. The number of nitrogens with two attached hydrogens (primary N) is 1. The number of rotatable bonds is 4. The Balaban J connectivity index is 1.33. The van der Waals surface area contributed by atoms with Crippen molar-refractivity contribution in [3.05, 3.63) is 103 Å². The molecule has 0 bridgehead atoms. The summed E-state index contributed by atoms with van der Waals surface area (Å²) in [5.41, 5.74) is 14.2. The molecule has 3 aromatic heterocycles. The van der Waals surface area contributed by atoms with Gasteiger partial charge in [-0.25, -0.2) is 4.98 Å². The summed E-state index contributed by atoms with van der Waals surface area (Å²) in [7, 11) is 0. The van der Waals surface area contributed by atoms with Crippen molar-refractivity contribution in [1.29, 1.82) is 0 Å². The first-order valence-corrected chi connectivity index (χ1v) is 12.6. The van der Waals surface area contributed by atoms with Gasteiger partial charge in [-0.05, 0) is 35.4 Å². The number of ether oxygens (including phenoxy) is 2. The first-order valence-electron chi connectivity index (χ1n) is 12.6. The second-order valence-electron chi connectivity index (χ2n) is 9.91. The maximum Gasteiger partial charge on any atom is 0.172 e. The minimum atomic E-state index is -0.492. The lowest BCUT2D eigenvalue weighted by atomic mass is 9.68. The standard InChI is InChI=1S/C31H26N4O2/c32-30(19-31(20-30)36-15-16-37-31)24-10-8-22(9-11-24)29-25(21-5-2-1-3-6-21)17-26-27(35-29)12-14-34-28(26)23-7-4-13-33-18-23/h1-14,17-18H,15-16,19-20,32H2. The number of hydrogen-bond donors (Lipinski definition) is 1. The third-order valence-electron chi connectivity index (χ3n) is 7.48. The van der Waals surface area contributed by atoms with Crippen LogP contribution in [0, 0.1) is 0 Å². The highest BCUT2D eigenvalue weighted by Crippen LogP contribution is 2.51. The molecule has 0 unspecified atom stereocenters. The van der Waals surface area contributed by atoms with Gasteiger partial charge in [0.05, 0.1) is 35.7 Å². The Morgan fingerprint density at radius 2 is 1.49 bits per heavy atom. The van der Waals surface area contributed by atoms with Gasteiger partial charge in [0.15, 0.2) is 5.79 Å². The first kappa shape index (κ1) is 22.2. The number of pyridine rings is 3. The van der Waals surface area contributed by atoms with Gasteiger partial charge in [0.25, 0.3) is 0 Å². The highest BCUT2D eigenvalue weighted by atomic mass is 16.7. The molecule has 4 heterocycles. The lowest BCUT2D eigenvalue weighted by Gasteiger charge is -2.50. The maximum absolute atomic E-state index is 6.75. The van der Waals surface area contributed by atoms with E-state index in [0.717, 1.165) is 50.1 Å². The van der Waals surface area contributed by atoms with Crippen LogP contribution in [0.4, 0.5) is 0 Å². The largest absolute Gasteiger partial charge is 0.347 e. The maximum atomic E-state index is 6.75. The summed E-state index contributed by atoms with van der Waals surface area (Å²) in [6, 6.07) is 27.0. The summed E-state index contributed by atoms with van der Waals surface area (Å²) in [4.78, 5) is 14.1. The predicted molar refractivity (Wildman–Crippen MR) is 143 cm³/mol. The molecule has 2 N–H and O–H groups in total. The molecule has 0 amide bonds. The number of hydrogen-bond acceptors (Lipinski definition) is 6. The zero-order valence-electron chi connectivity index (χ0n) is 20.3. The van der Waals surface area contributed by atoms with Gasteiger partial charge in [-0.15, -0.1) is 0 Å². The Bertz CT molecular complexity index is 1570. The van der Waals surface area contributed by atoms with E-state index in [-0.39, 0.29) is 0 Å². The zero-order valence-corrected chi connectivity index (χ0v) is 20.3. The highest BCUT2D eigenvalue weighted by Gasteiger charge is 2.57. The van der Waals surface area contributed by atoms with Crippen LogP contribution in [-0.2, 0) is 15.0 Å². The Morgan fingerprint density at radius 1 is 0.730 bits per heavy atom. The molecule has 1 aliphatic heterocycles. The smallest absolute Gasteiger partial charge is 0.172 e. The molecule has 2 fully saturated rings. The second-order valence-corrected chi connectivity index (χ2v) is 9.91. The SMILES string of the molecule is NC1(c2ccc(-c3nc4ccnc(-c5cccnc5)c4cc3-c3ccccc3)cc2)CC2(C1)OCCO2. The Labute approximate surface area is 215 Å². The van der Waals surface area contributed by atoms with Crippen molar-refractivity contribution in [3.63, 3.8) is 0 Å². The molecule has 182 valence electrons. The van der Waals surface area contributed by atoms with E-state index in [1.165, 1.54) is 0 Å². The van der Waals surface area contributed by atoms with Gasteiger partial charge >= 0.3 is 0 Å². The zero-order chi connectivity index (χ0) is 24.9. The average Bonchev–Trinajstić information content (AvgIpc) is 3.42. The van der Waals surface area contributed by atoms with Crippen LogP contribution in [-0.4, -0.2) is 34.0 Å². The molecule has 2 aromatic carbocycles. The lowest BCUT2D eigenvalue weighted by Crippen LogP contribution is -2.60. The Hall–Kier alpha value is -3.97. The molecule has 37 heavy (non-hydrogen) atoms. The van der Waals surface area contributed by atoms with Crippen LogP contribution in [0.15, 0.2) is 97.5 Å². The number of fused-ring (bicyclic) bond motifs is 1. The summed E-state index contributed by atoms with van der Waals surface area (Å²) in [5, 5.41) is 0.993. The van der Waals surface area contributed by atoms with Gasteiger partial charge in [-0.3, -0.25) is 9.97 Å². The van der Waals surface area contributed by atoms with Gasteiger partial charge < -0.3 is 15.2 Å². The van der Waals surface area contributed by atoms with E-state index in [2.05, 4.69) is 64.6 Å². The van der Waals surface area contributed by atoms with E-state index in [1.54, 1.807) is 6.20 Å². The normalized spacial score (nSPS) is 17.6. The van der Waals surface area contributed by atoms with Crippen LogP contribution in [0.25, 0.3) is 44.5 Å². The van der Waals surface area contributed by atoms with Gasteiger partial charge in [0.1, 0.15) is 0 Å². The monoisotopic (exact) mass is 486 g/mol. The van der Waals surface area contributed by atoms with Crippen LogP contribution < -0.4 is 5.73 Å². The van der Waals surface area contributed by atoms with Crippen LogP contribution in [0.3, 0.4) is 0 Å². The predicted octanol–water partition coefficient (Wildman–Crippen LogP) is 5.72. The molecule has 1 saturated carbocycles. The Kier molecular flexibility index (Phi) is 5.15.